The monoisotopic (exact) mass is 282 g/mol. The van der Waals surface area contributed by atoms with Crippen LogP contribution in [0.4, 0.5) is 8.78 Å². The van der Waals surface area contributed by atoms with Gasteiger partial charge in [-0.3, -0.25) is 4.79 Å². The van der Waals surface area contributed by atoms with E-state index in [1.807, 2.05) is 0 Å². The fourth-order valence-electron chi connectivity index (χ4n) is 1.42. The van der Waals surface area contributed by atoms with Crippen molar-refractivity contribution in [1.82, 2.24) is 5.32 Å². The summed E-state index contributed by atoms with van der Waals surface area (Å²) in [6.07, 6.45) is 1.26. The molecule has 7 heteroatoms. The number of amides is 1. The summed E-state index contributed by atoms with van der Waals surface area (Å²) < 4.78 is 33.7. The van der Waals surface area contributed by atoms with Crippen molar-refractivity contribution in [2.75, 3.05) is 14.2 Å². The number of carbonyl (C=O) groups is 1. The van der Waals surface area contributed by atoms with Crippen LogP contribution in [0, 0.1) is 11.3 Å². The summed E-state index contributed by atoms with van der Waals surface area (Å²) in [5.74, 6) is -0.619. The third-order valence-electron chi connectivity index (χ3n) is 2.31. The molecule has 20 heavy (non-hydrogen) atoms. The summed E-state index contributed by atoms with van der Waals surface area (Å²) in [5, 5.41) is 11.1. The van der Waals surface area contributed by atoms with Crippen molar-refractivity contribution in [2.45, 2.75) is 6.61 Å². The SMILES string of the molecule is CNC(=O)/C(C#N)=C/c1ccc(OC)c(OC(F)F)c1. The van der Waals surface area contributed by atoms with Gasteiger partial charge in [0.1, 0.15) is 11.6 Å². The van der Waals surface area contributed by atoms with Crippen LogP contribution in [0.3, 0.4) is 0 Å². The normalized spacial score (nSPS) is 10.9. The number of rotatable bonds is 5. The van der Waals surface area contributed by atoms with Crippen LogP contribution in [0.25, 0.3) is 6.08 Å². The van der Waals surface area contributed by atoms with Gasteiger partial charge in [-0.2, -0.15) is 14.0 Å². The van der Waals surface area contributed by atoms with Gasteiger partial charge in [-0.05, 0) is 23.8 Å². The molecule has 0 aliphatic carbocycles. The minimum atomic E-state index is -3.00. The van der Waals surface area contributed by atoms with E-state index in [0.29, 0.717) is 5.56 Å². The topological polar surface area (TPSA) is 71.4 Å². The van der Waals surface area contributed by atoms with Crippen molar-refractivity contribution < 1.29 is 23.0 Å². The van der Waals surface area contributed by atoms with E-state index in [1.165, 1.54) is 38.4 Å². The fourth-order valence-corrected chi connectivity index (χ4v) is 1.42. The van der Waals surface area contributed by atoms with E-state index in [0.717, 1.165) is 0 Å². The molecule has 0 atom stereocenters. The minimum absolute atomic E-state index is 0.126. The molecule has 0 fully saturated rings. The first-order valence-corrected chi connectivity index (χ1v) is 5.48. The predicted octanol–water partition coefficient (Wildman–Crippen LogP) is 1.95. The summed E-state index contributed by atoms with van der Waals surface area (Å²) in [6.45, 7) is -3.00. The average Bonchev–Trinajstić information content (AvgIpc) is 2.43. The number of nitriles is 1. The fraction of sp³-hybridized carbons (Fsp3) is 0.231. The van der Waals surface area contributed by atoms with Gasteiger partial charge in [0.25, 0.3) is 5.91 Å². The number of hydrogen-bond acceptors (Lipinski definition) is 4. The Kier molecular flexibility index (Phi) is 5.47. The van der Waals surface area contributed by atoms with Crippen LogP contribution in [-0.4, -0.2) is 26.7 Å². The second-order valence-electron chi connectivity index (χ2n) is 3.54. The Labute approximate surface area is 114 Å². The van der Waals surface area contributed by atoms with Crippen LogP contribution in [0.2, 0.25) is 0 Å². The van der Waals surface area contributed by atoms with Crippen LogP contribution in [0.1, 0.15) is 5.56 Å². The second kappa shape index (κ2) is 7.09. The molecule has 0 aliphatic rings. The van der Waals surface area contributed by atoms with Crippen LogP contribution in [0.5, 0.6) is 11.5 Å². The molecular weight excluding hydrogens is 270 g/mol. The van der Waals surface area contributed by atoms with E-state index >= 15 is 0 Å². The number of methoxy groups -OCH3 is 1. The highest BCUT2D eigenvalue weighted by atomic mass is 19.3. The van der Waals surface area contributed by atoms with Crippen molar-refractivity contribution in [3.05, 3.63) is 29.3 Å². The number of carbonyl (C=O) groups excluding carboxylic acids is 1. The third kappa shape index (κ3) is 3.95. The molecule has 1 aromatic rings. The highest BCUT2D eigenvalue weighted by molar-refractivity contribution is 6.01. The van der Waals surface area contributed by atoms with E-state index in [-0.39, 0.29) is 17.1 Å². The predicted molar refractivity (Wildman–Crippen MR) is 67.3 cm³/mol. The van der Waals surface area contributed by atoms with Crippen LogP contribution in [-0.2, 0) is 4.79 Å². The highest BCUT2D eigenvalue weighted by Gasteiger charge is 2.12. The van der Waals surface area contributed by atoms with Gasteiger partial charge in [-0.25, -0.2) is 0 Å². The highest BCUT2D eigenvalue weighted by Crippen LogP contribution is 2.30. The van der Waals surface area contributed by atoms with Crippen molar-refractivity contribution in [3.8, 4) is 17.6 Å². The number of benzene rings is 1. The van der Waals surface area contributed by atoms with Crippen LogP contribution >= 0.6 is 0 Å². The first-order valence-electron chi connectivity index (χ1n) is 5.48. The molecule has 0 saturated carbocycles. The number of halogens is 2. The van der Waals surface area contributed by atoms with Gasteiger partial charge in [0.2, 0.25) is 0 Å². The number of hydrogen-bond donors (Lipinski definition) is 1. The van der Waals surface area contributed by atoms with E-state index in [1.54, 1.807) is 6.07 Å². The zero-order valence-electron chi connectivity index (χ0n) is 10.8. The Morgan fingerprint density at radius 3 is 2.65 bits per heavy atom. The van der Waals surface area contributed by atoms with Gasteiger partial charge in [0.05, 0.1) is 7.11 Å². The zero-order chi connectivity index (χ0) is 15.1. The summed E-state index contributed by atoms with van der Waals surface area (Å²) in [7, 11) is 2.70. The second-order valence-corrected chi connectivity index (χ2v) is 3.54. The van der Waals surface area contributed by atoms with E-state index < -0.39 is 12.5 Å². The molecule has 0 radical (unpaired) electrons. The van der Waals surface area contributed by atoms with Gasteiger partial charge >= 0.3 is 6.61 Å². The van der Waals surface area contributed by atoms with Gasteiger partial charge in [0, 0.05) is 7.05 Å². The Bertz CT molecular complexity index is 565. The quantitative estimate of drug-likeness (QED) is 0.662. The smallest absolute Gasteiger partial charge is 0.387 e. The van der Waals surface area contributed by atoms with Crippen molar-refractivity contribution in [3.63, 3.8) is 0 Å². The zero-order valence-corrected chi connectivity index (χ0v) is 10.8. The molecule has 0 aromatic heterocycles. The van der Waals surface area contributed by atoms with E-state index in [2.05, 4.69) is 10.1 Å². The Hall–Kier alpha value is -2.62. The standard InChI is InChI=1S/C13H12F2N2O3/c1-17-12(18)9(7-16)5-8-3-4-10(19-2)11(6-8)20-13(14)15/h3-6,13H,1-2H3,(H,17,18)/b9-5+. The Morgan fingerprint density at radius 1 is 1.45 bits per heavy atom. The van der Waals surface area contributed by atoms with Crippen LogP contribution < -0.4 is 14.8 Å². The van der Waals surface area contributed by atoms with Gasteiger partial charge in [-0.1, -0.05) is 6.07 Å². The summed E-state index contributed by atoms with van der Waals surface area (Å²) in [6, 6.07) is 5.89. The molecule has 5 nitrogen and oxygen atoms in total. The van der Waals surface area contributed by atoms with Gasteiger partial charge in [0.15, 0.2) is 11.5 Å². The molecule has 0 unspecified atom stereocenters. The van der Waals surface area contributed by atoms with Crippen molar-refractivity contribution >= 4 is 12.0 Å². The molecule has 0 spiro atoms. The molecule has 0 aliphatic heterocycles. The number of ether oxygens (including phenoxy) is 2. The van der Waals surface area contributed by atoms with Gasteiger partial charge in [-0.15, -0.1) is 0 Å². The average molecular weight is 282 g/mol. The maximum Gasteiger partial charge on any atom is 0.387 e. The number of nitrogens with one attached hydrogen (secondary N) is 1. The molecule has 0 bridgehead atoms. The number of alkyl halides is 2. The van der Waals surface area contributed by atoms with E-state index in [4.69, 9.17) is 10.00 Å². The van der Waals surface area contributed by atoms with E-state index in [9.17, 15) is 13.6 Å². The number of likely N-dealkylation sites (N-methyl/N-ethyl adjacent to an activating group) is 1. The van der Waals surface area contributed by atoms with Gasteiger partial charge < -0.3 is 14.8 Å². The molecular formula is C13H12F2N2O3. The molecule has 1 rings (SSSR count). The third-order valence-corrected chi connectivity index (χ3v) is 2.31. The number of nitrogens with zero attached hydrogens (tertiary/aromatic N) is 1. The maximum atomic E-state index is 12.3. The maximum absolute atomic E-state index is 12.3. The molecule has 0 heterocycles. The molecule has 1 N–H and O–H groups in total. The van der Waals surface area contributed by atoms with Crippen LogP contribution in [0.15, 0.2) is 23.8 Å². The first kappa shape index (κ1) is 15.4. The molecule has 0 saturated heterocycles. The first-order chi connectivity index (χ1) is 9.51. The lowest BCUT2D eigenvalue weighted by atomic mass is 10.1. The molecule has 1 amide bonds. The summed E-state index contributed by atoms with van der Waals surface area (Å²) >= 11 is 0. The minimum Gasteiger partial charge on any atom is -0.493 e. The Balaban J connectivity index is 3.17. The lowest BCUT2D eigenvalue weighted by molar-refractivity contribution is -0.116. The lowest BCUT2D eigenvalue weighted by Crippen LogP contribution is -2.19. The lowest BCUT2D eigenvalue weighted by Gasteiger charge is -2.10. The van der Waals surface area contributed by atoms with Crippen molar-refractivity contribution in [2.24, 2.45) is 0 Å². The summed E-state index contributed by atoms with van der Waals surface area (Å²) in [4.78, 5) is 11.4. The Morgan fingerprint density at radius 2 is 2.15 bits per heavy atom. The molecule has 1 aromatic carbocycles. The summed E-state index contributed by atoms with van der Waals surface area (Å²) in [5.41, 5.74) is 0.210. The largest absolute Gasteiger partial charge is 0.493 e. The molecule has 106 valence electrons. The van der Waals surface area contributed by atoms with Crippen molar-refractivity contribution in [1.29, 1.82) is 5.26 Å².